The van der Waals surface area contributed by atoms with Crippen LogP contribution in [-0.4, -0.2) is 64.5 Å². The average Bonchev–Trinajstić information content (AvgIpc) is 3.06. The van der Waals surface area contributed by atoms with E-state index in [0.29, 0.717) is 35.6 Å². The summed E-state index contributed by atoms with van der Waals surface area (Å²) in [5.41, 5.74) is 4.48. The number of sulfonamides is 1. The monoisotopic (exact) mass is 485 g/mol. The number of nitrogens with one attached hydrogen (secondary N) is 1. The van der Waals surface area contributed by atoms with Crippen molar-refractivity contribution in [3.8, 4) is 0 Å². The molecule has 3 aromatic rings. The number of amides is 1. The van der Waals surface area contributed by atoms with Crippen molar-refractivity contribution in [3.63, 3.8) is 0 Å². The summed E-state index contributed by atoms with van der Waals surface area (Å²) < 4.78 is 29.3. The van der Waals surface area contributed by atoms with Crippen molar-refractivity contribution in [1.82, 2.24) is 24.0 Å². The molecule has 0 unspecified atom stereocenters. The van der Waals surface area contributed by atoms with Crippen LogP contribution in [0.15, 0.2) is 27.9 Å². The Kier molecular flexibility index (Phi) is 6.39. The van der Waals surface area contributed by atoms with Crippen molar-refractivity contribution in [2.75, 3.05) is 26.2 Å². The van der Waals surface area contributed by atoms with Crippen LogP contribution in [0.5, 0.6) is 0 Å². The number of carbonyl (C=O) groups excluding carboxylic acids is 1. The molecule has 1 aliphatic heterocycles. The van der Waals surface area contributed by atoms with Crippen molar-refractivity contribution >= 4 is 27.0 Å². The molecule has 1 fully saturated rings. The van der Waals surface area contributed by atoms with Crippen molar-refractivity contribution in [3.05, 3.63) is 56.5 Å². The second kappa shape index (κ2) is 8.99. The first kappa shape index (κ1) is 24.2. The number of hydrogen-bond acceptors (Lipinski definition) is 5. The van der Waals surface area contributed by atoms with Crippen molar-refractivity contribution in [2.24, 2.45) is 7.05 Å². The van der Waals surface area contributed by atoms with Crippen LogP contribution >= 0.6 is 0 Å². The van der Waals surface area contributed by atoms with Crippen LogP contribution in [0.4, 0.5) is 0 Å². The first-order valence-electron chi connectivity index (χ1n) is 11.4. The van der Waals surface area contributed by atoms with Gasteiger partial charge < -0.3 is 9.88 Å². The molecular formula is C24H31N5O4S. The molecule has 1 saturated heterocycles. The van der Waals surface area contributed by atoms with Gasteiger partial charge in [-0.3, -0.25) is 14.3 Å². The van der Waals surface area contributed by atoms with Gasteiger partial charge in [0.2, 0.25) is 15.9 Å². The molecule has 34 heavy (non-hydrogen) atoms. The van der Waals surface area contributed by atoms with E-state index in [1.165, 1.54) is 4.31 Å². The van der Waals surface area contributed by atoms with Gasteiger partial charge in [-0.2, -0.15) is 9.40 Å². The van der Waals surface area contributed by atoms with Crippen LogP contribution in [-0.2, 0) is 28.3 Å². The number of aryl methyl sites for hydroxylation is 5. The van der Waals surface area contributed by atoms with E-state index in [9.17, 15) is 18.0 Å². The van der Waals surface area contributed by atoms with Crippen LogP contribution in [0.25, 0.3) is 11.0 Å². The van der Waals surface area contributed by atoms with Gasteiger partial charge in [0.05, 0.1) is 10.6 Å². The Hall–Kier alpha value is -2.98. The maximum absolute atomic E-state index is 13.1. The number of rotatable bonds is 5. The zero-order valence-electron chi connectivity index (χ0n) is 20.3. The molecule has 0 saturated carbocycles. The van der Waals surface area contributed by atoms with Crippen molar-refractivity contribution in [1.29, 1.82) is 0 Å². The van der Waals surface area contributed by atoms with Crippen LogP contribution in [0.2, 0.25) is 0 Å². The Bertz CT molecular complexity index is 1430. The summed E-state index contributed by atoms with van der Waals surface area (Å²) in [4.78, 5) is 30.4. The van der Waals surface area contributed by atoms with Crippen LogP contribution < -0.4 is 5.56 Å². The average molecular weight is 486 g/mol. The largest absolute Gasteiger partial charge is 0.340 e. The normalized spacial score (nSPS) is 15.3. The van der Waals surface area contributed by atoms with E-state index >= 15 is 0 Å². The Morgan fingerprint density at radius 3 is 2.41 bits per heavy atom. The third kappa shape index (κ3) is 4.27. The number of aromatic nitrogens is 3. The molecular weight excluding hydrogens is 454 g/mol. The number of nitrogens with zero attached hydrogens (tertiary/aromatic N) is 4. The fourth-order valence-electron chi connectivity index (χ4n) is 4.85. The molecule has 0 bridgehead atoms. The van der Waals surface area contributed by atoms with Gasteiger partial charge in [-0.1, -0.05) is 17.7 Å². The smallest absolute Gasteiger partial charge is 0.253 e. The zero-order valence-corrected chi connectivity index (χ0v) is 21.1. The van der Waals surface area contributed by atoms with Crippen molar-refractivity contribution in [2.45, 2.75) is 45.4 Å². The van der Waals surface area contributed by atoms with Gasteiger partial charge in [0, 0.05) is 50.6 Å². The molecule has 1 aliphatic rings. The predicted molar refractivity (Wildman–Crippen MR) is 130 cm³/mol. The fraction of sp³-hybridized carbons (Fsp3) is 0.458. The Labute approximate surface area is 199 Å². The minimum absolute atomic E-state index is 0.0784. The lowest BCUT2D eigenvalue weighted by Crippen LogP contribution is -2.50. The highest BCUT2D eigenvalue weighted by Gasteiger charge is 2.31. The van der Waals surface area contributed by atoms with Gasteiger partial charge >= 0.3 is 0 Å². The maximum atomic E-state index is 13.1. The number of fused-ring (bicyclic) bond motifs is 1. The third-order valence-corrected chi connectivity index (χ3v) is 8.74. The number of benzene rings is 1. The molecule has 4 rings (SSSR count). The minimum atomic E-state index is -3.61. The molecule has 0 spiro atoms. The van der Waals surface area contributed by atoms with Gasteiger partial charge in [0.25, 0.3) is 5.56 Å². The number of aromatic amines is 1. The summed E-state index contributed by atoms with van der Waals surface area (Å²) in [6.07, 6.45) is 0.518. The summed E-state index contributed by atoms with van der Waals surface area (Å²) in [5, 5.41) is 5.29. The quantitative estimate of drug-likeness (QED) is 0.594. The lowest BCUT2D eigenvalue weighted by Gasteiger charge is -2.34. The van der Waals surface area contributed by atoms with Gasteiger partial charge in [0.1, 0.15) is 5.65 Å². The van der Waals surface area contributed by atoms with E-state index in [-0.39, 0.29) is 31.0 Å². The number of pyridine rings is 1. The van der Waals surface area contributed by atoms with Crippen LogP contribution in [0.3, 0.4) is 0 Å². The summed E-state index contributed by atoms with van der Waals surface area (Å²) >= 11 is 0. The molecule has 0 radical (unpaired) electrons. The van der Waals surface area contributed by atoms with Gasteiger partial charge in [-0.05, 0) is 51.3 Å². The molecule has 0 aliphatic carbocycles. The van der Waals surface area contributed by atoms with Gasteiger partial charge in [-0.15, -0.1) is 0 Å². The third-order valence-electron chi connectivity index (χ3n) is 6.68. The maximum Gasteiger partial charge on any atom is 0.253 e. The highest BCUT2D eigenvalue weighted by atomic mass is 32.2. The Balaban J connectivity index is 1.42. The molecule has 0 atom stereocenters. The fourth-order valence-corrected chi connectivity index (χ4v) is 6.48. The SMILES string of the molecule is Cc1ccc(S(=O)(=O)N2CCN(C(=O)CCc3c(C)c4c(C)nn(C)c4[nH]c3=O)CC2)c(C)c1. The Morgan fingerprint density at radius 1 is 1.09 bits per heavy atom. The molecule has 182 valence electrons. The lowest BCUT2D eigenvalue weighted by molar-refractivity contribution is -0.132. The van der Waals surface area contributed by atoms with E-state index in [1.54, 1.807) is 35.7 Å². The van der Waals surface area contributed by atoms with E-state index in [4.69, 9.17) is 0 Å². The number of piperazine rings is 1. The van der Waals surface area contributed by atoms with E-state index in [2.05, 4.69) is 10.1 Å². The van der Waals surface area contributed by atoms with Crippen LogP contribution in [0, 0.1) is 27.7 Å². The lowest BCUT2D eigenvalue weighted by atomic mass is 10.0. The highest BCUT2D eigenvalue weighted by molar-refractivity contribution is 7.89. The zero-order chi connectivity index (χ0) is 24.8. The number of carbonyl (C=O) groups is 1. The minimum Gasteiger partial charge on any atom is -0.340 e. The second-order valence-corrected chi connectivity index (χ2v) is 11.0. The van der Waals surface area contributed by atoms with E-state index in [1.807, 2.05) is 26.8 Å². The van der Waals surface area contributed by atoms with Gasteiger partial charge in [-0.25, -0.2) is 8.42 Å². The number of hydrogen-bond donors (Lipinski definition) is 1. The van der Waals surface area contributed by atoms with Crippen LogP contribution in [0.1, 0.15) is 34.4 Å². The summed E-state index contributed by atoms with van der Waals surface area (Å²) in [6.45, 7) is 8.69. The molecule has 10 heteroatoms. The highest BCUT2D eigenvalue weighted by Crippen LogP contribution is 2.23. The summed E-state index contributed by atoms with van der Waals surface area (Å²) in [5.74, 6) is -0.0784. The standard InChI is InChI=1S/C24H31N5O4S/c1-15-6-8-20(16(2)14-15)34(32,33)29-12-10-28(11-13-29)21(30)9-7-19-17(3)22-18(4)26-27(5)23(22)25-24(19)31/h6,8,14H,7,9-13H2,1-5H3,(H,25,31). The molecule has 3 heterocycles. The second-order valence-electron chi connectivity index (χ2n) is 9.04. The molecule has 1 aromatic carbocycles. The van der Waals surface area contributed by atoms with E-state index < -0.39 is 10.0 Å². The summed E-state index contributed by atoms with van der Waals surface area (Å²) in [6, 6.07) is 5.31. The first-order chi connectivity index (χ1) is 16.0. The summed E-state index contributed by atoms with van der Waals surface area (Å²) in [7, 11) is -1.82. The van der Waals surface area contributed by atoms with Gasteiger partial charge in [0.15, 0.2) is 0 Å². The predicted octanol–water partition coefficient (Wildman–Crippen LogP) is 1.96. The van der Waals surface area contributed by atoms with Crippen molar-refractivity contribution < 1.29 is 13.2 Å². The molecule has 1 amide bonds. The Morgan fingerprint density at radius 2 is 1.76 bits per heavy atom. The number of H-pyrrole nitrogens is 1. The topological polar surface area (TPSA) is 108 Å². The molecule has 1 N–H and O–H groups in total. The first-order valence-corrected chi connectivity index (χ1v) is 12.8. The molecule has 2 aromatic heterocycles. The molecule has 9 nitrogen and oxygen atoms in total. The van der Waals surface area contributed by atoms with E-state index in [0.717, 1.165) is 27.8 Å².